The van der Waals surface area contributed by atoms with Gasteiger partial charge in [-0.05, 0) is 32.1 Å². The van der Waals surface area contributed by atoms with Gasteiger partial charge in [-0.15, -0.1) is 10.2 Å². The molecule has 1 saturated heterocycles. The van der Waals surface area contributed by atoms with Crippen molar-refractivity contribution in [1.29, 1.82) is 0 Å². The maximum absolute atomic E-state index is 4.89. The number of aromatic nitrogens is 5. The monoisotopic (exact) mass is 342 g/mol. The summed E-state index contributed by atoms with van der Waals surface area (Å²) in [5, 5.41) is 14.3. The number of hydrogen-bond acceptors (Lipinski definition) is 7. The first-order chi connectivity index (χ1) is 11.9. The molecule has 0 aromatic carbocycles. The fourth-order valence-electron chi connectivity index (χ4n) is 3.72. The van der Waals surface area contributed by atoms with Crippen molar-refractivity contribution in [2.24, 2.45) is 0 Å². The van der Waals surface area contributed by atoms with Crippen molar-refractivity contribution < 1.29 is 4.52 Å². The van der Waals surface area contributed by atoms with E-state index in [0.29, 0.717) is 6.04 Å². The minimum atomic E-state index is 0.485. The van der Waals surface area contributed by atoms with Gasteiger partial charge in [-0.2, -0.15) is 0 Å². The van der Waals surface area contributed by atoms with Gasteiger partial charge in [0.15, 0.2) is 5.01 Å². The van der Waals surface area contributed by atoms with E-state index in [0.717, 1.165) is 41.8 Å². The van der Waals surface area contributed by atoms with Crippen LogP contribution in [-0.4, -0.2) is 38.0 Å². The van der Waals surface area contributed by atoms with E-state index in [2.05, 4.69) is 29.8 Å². The Hall–Kier alpha value is -2.22. The predicted molar refractivity (Wildman–Crippen MR) is 90.1 cm³/mol. The van der Waals surface area contributed by atoms with Crippen molar-refractivity contribution in [2.45, 2.75) is 38.1 Å². The minimum Gasteiger partial charge on any atom is -0.364 e. The van der Waals surface area contributed by atoms with Gasteiger partial charge in [0, 0.05) is 24.8 Å². The Morgan fingerprint density at radius 3 is 3.08 bits per heavy atom. The third-order valence-electron chi connectivity index (χ3n) is 4.96. The lowest BCUT2D eigenvalue weighted by atomic mass is 10.0. The van der Waals surface area contributed by atoms with Crippen LogP contribution in [0.5, 0.6) is 0 Å². The van der Waals surface area contributed by atoms with Crippen LogP contribution in [0.2, 0.25) is 0 Å². The lowest BCUT2D eigenvalue weighted by Gasteiger charge is -2.19. The van der Waals surface area contributed by atoms with Gasteiger partial charge in [0.2, 0.25) is 5.13 Å². The van der Waals surface area contributed by atoms with Crippen molar-refractivity contribution in [1.82, 2.24) is 24.9 Å². The van der Waals surface area contributed by atoms with Gasteiger partial charge in [0.1, 0.15) is 12.0 Å². The second kappa shape index (κ2) is 5.70. The van der Waals surface area contributed by atoms with Crippen molar-refractivity contribution in [2.75, 3.05) is 18.0 Å². The molecule has 3 aromatic rings. The van der Waals surface area contributed by atoms with Crippen LogP contribution in [0.3, 0.4) is 0 Å². The Labute approximate surface area is 143 Å². The van der Waals surface area contributed by atoms with Crippen LogP contribution in [0.4, 0.5) is 5.13 Å². The highest BCUT2D eigenvalue weighted by molar-refractivity contribution is 7.18. The molecule has 7 nitrogen and oxygen atoms in total. The molecular weight excluding hydrogens is 324 g/mol. The number of anilines is 1. The van der Waals surface area contributed by atoms with Crippen LogP contribution >= 0.6 is 11.3 Å². The zero-order valence-corrected chi connectivity index (χ0v) is 14.1. The molecule has 5 rings (SSSR count). The number of hydrogen-bond donors (Lipinski definition) is 0. The number of fused-ring (bicyclic) bond motifs is 1. The van der Waals surface area contributed by atoms with E-state index in [-0.39, 0.29) is 0 Å². The first-order valence-electron chi connectivity index (χ1n) is 8.42. The fourth-order valence-corrected chi connectivity index (χ4v) is 4.56. The Morgan fingerprint density at radius 1 is 1.21 bits per heavy atom. The zero-order chi connectivity index (χ0) is 15.9. The molecule has 1 atom stereocenters. The van der Waals surface area contributed by atoms with E-state index in [9.17, 15) is 0 Å². The fraction of sp³-hybridized carbons (Fsp3) is 0.500. The molecular formula is C16H18N6OS. The van der Waals surface area contributed by atoms with Crippen LogP contribution in [0.25, 0.3) is 10.7 Å². The summed E-state index contributed by atoms with van der Waals surface area (Å²) in [6.07, 6.45) is 9.59. The van der Waals surface area contributed by atoms with Gasteiger partial charge >= 0.3 is 0 Å². The Bertz CT molecular complexity index is 839. The molecule has 3 aromatic heterocycles. The van der Waals surface area contributed by atoms with Crippen LogP contribution < -0.4 is 4.90 Å². The maximum atomic E-state index is 4.89. The highest BCUT2D eigenvalue weighted by atomic mass is 32.1. The molecule has 1 aliphatic heterocycles. The molecule has 0 spiro atoms. The van der Waals surface area contributed by atoms with Crippen LogP contribution in [0.15, 0.2) is 23.2 Å². The Kier molecular flexibility index (Phi) is 3.36. The molecule has 1 aliphatic carbocycles. The number of imidazole rings is 1. The first kappa shape index (κ1) is 14.2. The molecule has 2 aliphatic rings. The summed E-state index contributed by atoms with van der Waals surface area (Å²) in [6.45, 7) is 1.97. The first-order valence-corrected chi connectivity index (χ1v) is 9.24. The lowest BCUT2D eigenvalue weighted by Crippen LogP contribution is -2.21. The highest BCUT2D eigenvalue weighted by Gasteiger charge is 2.29. The third-order valence-corrected chi connectivity index (χ3v) is 5.97. The molecule has 1 unspecified atom stereocenters. The van der Waals surface area contributed by atoms with E-state index in [1.165, 1.54) is 30.7 Å². The summed E-state index contributed by atoms with van der Waals surface area (Å²) in [7, 11) is 0. The summed E-state index contributed by atoms with van der Waals surface area (Å²) in [5.41, 5.74) is 3.51. The summed E-state index contributed by atoms with van der Waals surface area (Å²) in [4.78, 5) is 6.96. The quantitative estimate of drug-likeness (QED) is 0.729. The van der Waals surface area contributed by atoms with Crippen molar-refractivity contribution in [3.63, 3.8) is 0 Å². The lowest BCUT2D eigenvalue weighted by molar-refractivity contribution is 0.422. The van der Waals surface area contributed by atoms with Gasteiger partial charge in [0.05, 0.1) is 18.1 Å². The normalized spacial score (nSPS) is 20.5. The molecule has 4 heterocycles. The van der Waals surface area contributed by atoms with Gasteiger partial charge in [-0.3, -0.25) is 0 Å². The molecule has 0 radical (unpaired) electrons. The van der Waals surface area contributed by atoms with Crippen molar-refractivity contribution >= 4 is 16.5 Å². The predicted octanol–water partition coefficient (Wildman–Crippen LogP) is 2.72. The average molecular weight is 342 g/mol. The summed E-state index contributed by atoms with van der Waals surface area (Å²) in [6, 6.07) is 2.30. The van der Waals surface area contributed by atoms with E-state index in [1.54, 1.807) is 17.6 Å². The molecule has 0 amide bonds. The van der Waals surface area contributed by atoms with Crippen LogP contribution in [0.1, 0.15) is 36.7 Å². The molecule has 1 fully saturated rings. The highest BCUT2D eigenvalue weighted by Crippen LogP contribution is 2.34. The van der Waals surface area contributed by atoms with Crippen molar-refractivity contribution in [3.05, 3.63) is 30.0 Å². The smallest absolute Gasteiger partial charge is 0.208 e. The van der Waals surface area contributed by atoms with Crippen LogP contribution in [0, 0.1) is 0 Å². The van der Waals surface area contributed by atoms with Gasteiger partial charge in [0.25, 0.3) is 0 Å². The summed E-state index contributed by atoms with van der Waals surface area (Å²) < 4.78 is 7.30. The number of nitrogens with zero attached hydrogens (tertiary/aromatic N) is 6. The van der Waals surface area contributed by atoms with E-state index in [4.69, 9.17) is 4.52 Å². The zero-order valence-electron chi connectivity index (χ0n) is 13.3. The van der Waals surface area contributed by atoms with E-state index < -0.39 is 0 Å². The van der Waals surface area contributed by atoms with Crippen molar-refractivity contribution in [3.8, 4) is 10.7 Å². The largest absolute Gasteiger partial charge is 0.364 e. The molecule has 0 bridgehead atoms. The second-order valence-corrected chi connectivity index (χ2v) is 7.37. The van der Waals surface area contributed by atoms with Crippen LogP contribution in [-0.2, 0) is 12.8 Å². The molecule has 124 valence electrons. The molecule has 0 saturated carbocycles. The summed E-state index contributed by atoms with van der Waals surface area (Å²) >= 11 is 1.57. The Balaban J connectivity index is 1.35. The second-order valence-electron chi connectivity index (χ2n) is 6.42. The average Bonchev–Trinajstić information content (AvgIpc) is 3.40. The van der Waals surface area contributed by atoms with Gasteiger partial charge < -0.3 is 14.0 Å². The Morgan fingerprint density at radius 2 is 2.17 bits per heavy atom. The minimum absolute atomic E-state index is 0.485. The summed E-state index contributed by atoms with van der Waals surface area (Å²) in [5.74, 6) is 0. The van der Waals surface area contributed by atoms with Gasteiger partial charge in [-0.25, -0.2) is 4.98 Å². The number of rotatable bonds is 3. The van der Waals surface area contributed by atoms with E-state index in [1.807, 2.05) is 12.4 Å². The topological polar surface area (TPSA) is 72.9 Å². The standard InChI is InChI=1S/C16H18N6OS/c1-2-4-14-12(3-1)17-10-22(14)11-5-7-21(9-11)16-19-18-15(24-16)13-6-8-23-20-13/h6,8,10-11H,1-5,7,9H2. The maximum Gasteiger partial charge on any atom is 0.208 e. The van der Waals surface area contributed by atoms with E-state index >= 15 is 0 Å². The van der Waals surface area contributed by atoms with Gasteiger partial charge in [-0.1, -0.05) is 16.5 Å². The third kappa shape index (κ3) is 2.32. The molecule has 24 heavy (non-hydrogen) atoms. The molecule has 8 heteroatoms. The SMILES string of the molecule is c1cc(-c2nnc(N3CCC(n4cnc5c4CCCC5)C3)s2)no1. The number of aryl methyl sites for hydroxylation is 1. The molecule has 0 N–H and O–H groups in total.